The van der Waals surface area contributed by atoms with Crippen LogP contribution in [0.15, 0.2) is 48.5 Å². The minimum Gasteiger partial charge on any atom is -0.338 e. The Morgan fingerprint density at radius 3 is 2.52 bits per heavy atom. The molecular formula is C24H26FN5O. The average molecular weight is 420 g/mol. The lowest BCUT2D eigenvalue weighted by atomic mass is 9.84. The molecule has 2 aromatic carbocycles. The molecule has 1 spiro atoms. The zero-order valence-corrected chi connectivity index (χ0v) is 17.9. The van der Waals surface area contributed by atoms with Gasteiger partial charge in [0.05, 0.1) is 12.1 Å². The van der Waals surface area contributed by atoms with Crippen LogP contribution in [0.5, 0.6) is 0 Å². The fourth-order valence-electron chi connectivity index (χ4n) is 5.04. The van der Waals surface area contributed by atoms with Crippen LogP contribution in [-0.4, -0.2) is 57.2 Å². The highest BCUT2D eigenvalue weighted by Gasteiger charge is 2.44. The second-order valence-electron chi connectivity index (χ2n) is 8.84. The van der Waals surface area contributed by atoms with E-state index in [0.717, 1.165) is 54.3 Å². The first kappa shape index (κ1) is 19.9. The van der Waals surface area contributed by atoms with Gasteiger partial charge in [-0.1, -0.05) is 17.7 Å². The van der Waals surface area contributed by atoms with Crippen LogP contribution in [0.4, 0.5) is 4.39 Å². The molecule has 2 aliphatic heterocycles. The Morgan fingerprint density at radius 2 is 1.81 bits per heavy atom. The molecule has 2 aliphatic rings. The van der Waals surface area contributed by atoms with Gasteiger partial charge < -0.3 is 9.47 Å². The van der Waals surface area contributed by atoms with Gasteiger partial charge in [-0.15, -0.1) is 10.2 Å². The minimum absolute atomic E-state index is 0.0884. The molecule has 160 valence electrons. The molecule has 0 saturated carbocycles. The van der Waals surface area contributed by atoms with Crippen molar-refractivity contribution in [3.63, 3.8) is 0 Å². The van der Waals surface area contributed by atoms with Crippen LogP contribution in [0.2, 0.25) is 0 Å². The number of hydrogen-bond acceptors (Lipinski definition) is 4. The minimum atomic E-state index is -0.264. The van der Waals surface area contributed by atoms with Gasteiger partial charge in [-0.25, -0.2) is 4.39 Å². The van der Waals surface area contributed by atoms with E-state index in [0.29, 0.717) is 13.1 Å². The normalized spacial score (nSPS) is 18.2. The highest BCUT2D eigenvalue weighted by atomic mass is 19.1. The number of benzene rings is 2. The standard InChI is InChI=1S/C24H26FN5O/c1-17-4-3-5-19(14-17)23(31)29-12-10-24(11-13-29)16-28(2)15-21-26-27-22(30(21)24)18-6-8-20(25)9-7-18/h3-9,14H,10-13,15-16H2,1-2H3. The summed E-state index contributed by atoms with van der Waals surface area (Å²) in [7, 11) is 2.10. The summed E-state index contributed by atoms with van der Waals surface area (Å²) < 4.78 is 15.7. The zero-order valence-electron chi connectivity index (χ0n) is 17.9. The number of likely N-dealkylation sites (N-methyl/N-ethyl adjacent to an activating group) is 1. The number of hydrogen-bond donors (Lipinski definition) is 0. The molecule has 3 heterocycles. The maximum Gasteiger partial charge on any atom is 0.253 e. The van der Waals surface area contributed by atoms with Gasteiger partial charge in [0.15, 0.2) is 5.82 Å². The van der Waals surface area contributed by atoms with Gasteiger partial charge in [0.1, 0.15) is 11.6 Å². The Bertz CT molecular complexity index is 1120. The number of aryl methyl sites for hydroxylation is 1. The zero-order chi connectivity index (χ0) is 21.6. The molecule has 7 heteroatoms. The average Bonchev–Trinajstić information content (AvgIpc) is 3.19. The van der Waals surface area contributed by atoms with Crippen molar-refractivity contribution in [1.29, 1.82) is 0 Å². The fraction of sp³-hybridized carbons (Fsp3) is 0.375. The van der Waals surface area contributed by atoms with Crippen LogP contribution in [0.25, 0.3) is 11.4 Å². The lowest BCUT2D eigenvalue weighted by molar-refractivity contribution is 0.0410. The van der Waals surface area contributed by atoms with Crippen molar-refractivity contribution >= 4 is 5.91 Å². The molecule has 1 saturated heterocycles. The largest absolute Gasteiger partial charge is 0.338 e. The summed E-state index contributed by atoms with van der Waals surface area (Å²) in [4.78, 5) is 17.3. The van der Waals surface area contributed by atoms with Crippen LogP contribution in [0.1, 0.15) is 34.6 Å². The SMILES string of the molecule is Cc1cccc(C(=O)N2CCC3(CC2)CN(C)Cc2nnc(-c4ccc(F)cc4)n23)c1. The molecule has 0 N–H and O–H groups in total. The third-order valence-corrected chi connectivity index (χ3v) is 6.53. The van der Waals surface area contributed by atoms with Crippen LogP contribution < -0.4 is 0 Å². The summed E-state index contributed by atoms with van der Waals surface area (Å²) in [6.07, 6.45) is 1.66. The summed E-state index contributed by atoms with van der Waals surface area (Å²) in [6, 6.07) is 14.2. The van der Waals surface area contributed by atoms with Crippen LogP contribution in [0.3, 0.4) is 0 Å². The third-order valence-electron chi connectivity index (χ3n) is 6.53. The number of halogens is 1. The van der Waals surface area contributed by atoms with Crippen molar-refractivity contribution in [1.82, 2.24) is 24.6 Å². The van der Waals surface area contributed by atoms with Crippen molar-refractivity contribution in [2.75, 3.05) is 26.7 Å². The second kappa shape index (κ2) is 7.57. The molecule has 0 unspecified atom stereocenters. The van der Waals surface area contributed by atoms with Gasteiger partial charge in [0.25, 0.3) is 5.91 Å². The Kier molecular flexibility index (Phi) is 4.85. The van der Waals surface area contributed by atoms with Crippen molar-refractivity contribution in [2.24, 2.45) is 0 Å². The van der Waals surface area contributed by atoms with E-state index in [4.69, 9.17) is 0 Å². The number of likely N-dealkylation sites (tertiary alicyclic amines) is 1. The van der Waals surface area contributed by atoms with Crippen LogP contribution in [0, 0.1) is 12.7 Å². The van der Waals surface area contributed by atoms with Gasteiger partial charge in [0, 0.05) is 30.8 Å². The molecule has 31 heavy (non-hydrogen) atoms. The van der Waals surface area contributed by atoms with Gasteiger partial charge >= 0.3 is 0 Å². The predicted molar refractivity (Wildman–Crippen MR) is 116 cm³/mol. The van der Waals surface area contributed by atoms with Crippen LogP contribution in [-0.2, 0) is 12.1 Å². The van der Waals surface area contributed by atoms with Crippen molar-refractivity contribution in [3.05, 3.63) is 71.3 Å². The lowest BCUT2D eigenvalue weighted by Crippen LogP contribution is -2.56. The Hall–Kier alpha value is -3.06. The number of rotatable bonds is 2. The molecule has 3 aromatic rings. The molecule has 0 bridgehead atoms. The van der Waals surface area contributed by atoms with E-state index in [-0.39, 0.29) is 17.3 Å². The Labute approximate surface area is 181 Å². The highest BCUT2D eigenvalue weighted by Crippen LogP contribution is 2.39. The third kappa shape index (κ3) is 3.53. The van der Waals surface area contributed by atoms with E-state index in [9.17, 15) is 9.18 Å². The molecular weight excluding hydrogens is 393 g/mol. The van der Waals surface area contributed by atoms with E-state index >= 15 is 0 Å². The molecule has 5 rings (SSSR count). The van der Waals surface area contributed by atoms with E-state index in [1.165, 1.54) is 12.1 Å². The van der Waals surface area contributed by atoms with Crippen LogP contribution >= 0.6 is 0 Å². The maximum absolute atomic E-state index is 13.5. The van der Waals surface area contributed by atoms with Crippen molar-refractivity contribution in [3.8, 4) is 11.4 Å². The Balaban J connectivity index is 1.45. The molecule has 0 aliphatic carbocycles. The fourth-order valence-corrected chi connectivity index (χ4v) is 5.04. The predicted octanol–water partition coefficient (Wildman–Crippen LogP) is 3.47. The molecule has 6 nitrogen and oxygen atoms in total. The van der Waals surface area contributed by atoms with E-state index in [1.54, 1.807) is 12.1 Å². The monoisotopic (exact) mass is 419 g/mol. The van der Waals surface area contributed by atoms with Gasteiger partial charge in [0.2, 0.25) is 0 Å². The molecule has 0 atom stereocenters. The summed E-state index contributed by atoms with van der Waals surface area (Å²) in [5.41, 5.74) is 2.52. The summed E-state index contributed by atoms with van der Waals surface area (Å²) in [5.74, 6) is 1.53. The van der Waals surface area contributed by atoms with E-state index in [1.807, 2.05) is 36.1 Å². The lowest BCUT2D eigenvalue weighted by Gasteiger charge is -2.48. The highest BCUT2D eigenvalue weighted by molar-refractivity contribution is 5.94. The molecule has 1 fully saturated rings. The smallest absolute Gasteiger partial charge is 0.253 e. The van der Waals surface area contributed by atoms with Crippen molar-refractivity contribution < 1.29 is 9.18 Å². The summed E-state index contributed by atoms with van der Waals surface area (Å²) >= 11 is 0. The Morgan fingerprint density at radius 1 is 1.06 bits per heavy atom. The van der Waals surface area contributed by atoms with E-state index in [2.05, 4.69) is 26.7 Å². The molecule has 1 aromatic heterocycles. The van der Waals surface area contributed by atoms with Gasteiger partial charge in [-0.05, 0) is 63.2 Å². The number of carbonyl (C=O) groups excluding carboxylic acids is 1. The quantitative estimate of drug-likeness (QED) is 0.638. The van der Waals surface area contributed by atoms with Crippen molar-refractivity contribution in [2.45, 2.75) is 31.8 Å². The first-order valence-corrected chi connectivity index (χ1v) is 10.7. The molecule has 0 radical (unpaired) electrons. The first-order chi connectivity index (χ1) is 14.9. The number of fused-ring (bicyclic) bond motifs is 2. The van der Waals surface area contributed by atoms with E-state index < -0.39 is 0 Å². The number of piperidine rings is 1. The summed E-state index contributed by atoms with van der Waals surface area (Å²) in [6.45, 7) is 4.97. The van der Waals surface area contributed by atoms with Gasteiger partial charge in [-0.2, -0.15) is 0 Å². The second-order valence-corrected chi connectivity index (χ2v) is 8.84. The maximum atomic E-state index is 13.5. The summed E-state index contributed by atoms with van der Waals surface area (Å²) in [5, 5.41) is 8.94. The topological polar surface area (TPSA) is 54.3 Å². The van der Waals surface area contributed by atoms with Gasteiger partial charge in [-0.3, -0.25) is 9.69 Å². The number of nitrogens with zero attached hydrogens (tertiary/aromatic N) is 5. The number of carbonyl (C=O) groups is 1. The number of amides is 1. The molecule has 1 amide bonds. The first-order valence-electron chi connectivity index (χ1n) is 10.7. The number of aromatic nitrogens is 3.